The van der Waals surface area contributed by atoms with Gasteiger partial charge >= 0.3 is 0 Å². The van der Waals surface area contributed by atoms with E-state index in [2.05, 4.69) is 21.0 Å². The summed E-state index contributed by atoms with van der Waals surface area (Å²) in [5.41, 5.74) is 3.08. The number of carbonyl (C=O) groups is 1. The number of hydrogen-bond donors (Lipinski definition) is 2. The van der Waals surface area contributed by atoms with Crippen molar-refractivity contribution in [3.8, 4) is 0 Å². The van der Waals surface area contributed by atoms with Crippen molar-refractivity contribution < 1.29 is 13.2 Å². The van der Waals surface area contributed by atoms with Gasteiger partial charge < -0.3 is 5.32 Å². The molecule has 2 aromatic rings. The molecular formula is C21H27N3O3S. The van der Waals surface area contributed by atoms with Crippen LogP contribution in [0.1, 0.15) is 47.3 Å². The molecule has 1 heterocycles. The predicted octanol–water partition coefficient (Wildman–Crippen LogP) is 3.14. The van der Waals surface area contributed by atoms with Crippen LogP contribution in [-0.4, -0.2) is 38.6 Å². The van der Waals surface area contributed by atoms with E-state index in [0.29, 0.717) is 11.3 Å². The molecule has 2 N–H and O–H groups in total. The number of hydrogen-bond acceptors (Lipinski definition) is 4. The molecule has 7 heteroatoms. The minimum atomic E-state index is -3.34. The quantitative estimate of drug-likeness (QED) is 0.747. The van der Waals surface area contributed by atoms with E-state index in [-0.39, 0.29) is 11.9 Å². The van der Waals surface area contributed by atoms with Gasteiger partial charge in [0.15, 0.2) is 0 Å². The molecule has 6 nitrogen and oxygen atoms in total. The number of nitrogens with one attached hydrogen (secondary N) is 2. The highest BCUT2D eigenvalue weighted by atomic mass is 32.2. The van der Waals surface area contributed by atoms with E-state index >= 15 is 0 Å². The summed E-state index contributed by atoms with van der Waals surface area (Å²) in [5.74, 6) is -0.141. The van der Waals surface area contributed by atoms with Gasteiger partial charge in [-0.2, -0.15) is 0 Å². The Hall–Kier alpha value is -2.38. The predicted molar refractivity (Wildman–Crippen MR) is 112 cm³/mol. The normalized spacial score (nSPS) is 15.9. The molecule has 0 radical (unpaired) electrons. The van der Waals surface area contributed by atoms with Crippen molar-refractivity contribution in [2.75, 3.05) is 24.1 Å². The topological polar surface area (TPSA) is 78.5 Å². The minimum absolute atomic E-state index is 0.141. The third-order valence-corrected chi connectivity index (χ3v) is 5.44. The summed E-state index contributed by atoms with van der Waals surface area (Å²) in [4.78, 5) is 15.1. The van der Waals surface area contributed by atoms with Crippen molar-refractivity contribution in [1.82, 2.24) is 10.2 Å². The molecule has 0 aliphatic carbocycles. The van der Waals surface area contributed by atoms with E-state index in [1.54, 1.807) is 18.2 Å². The molecule has 0 spiro atoms. The Morgan fingerprint density at radius 1 is 1.11 bits per heavy atom. The van der Waals surface area contributed by atoms with Gasteiger partial charge in [0.2, 0.25) is 10.0 Å². The molecule has 1 unspecified atom stereocenters. The standard InChI is InChI=1S/C21H27N3O3S/c1-16(18-8-6-10-20(14-18)23-28(2,26)27)22-21(25)19-9-5-7-17(13-19)15-24-11-3-4-12-24/h5-10,13-14,16,23H,3-4,11-12,15H2,1-2H3,(H,22,25). The monoisotopic (exact) mass is 401 g/mol. The molecule has 1 saturated heterocycles. The SMILES string of the molecule is CC(NC(=O)c1cccc(CN2CCCC2)c1)c1cccc(NS(C)(=O)=O)c1. The van der Waals surface area contributed by atoms with Gasteiger partial charge in [0, 0.05) is 17.8 Å². The van der Waals surface area contributed by atoms with Gasteiger partial charge in [-0.3, -0.25) is 14.4 Å². The van der Waals surface area contributed by atoms with Gasteiger partial charge in [-0.05, 0) is 68.2 Å². The first kappa shape index (κ1) is 20.4. The van der Waals surface area contributed by atoms with Crippen LogP contribution in [0.3, 0.4) is 0 Å². The number of anilines is 1. The number of benzene rings is 2. The van der Waals surface area contributed by atoms with Crippen LogP contribution in [-0.2, 0) is 16.6 Å². The molecule has 1 aliphatic rings. The average molecular weight is 402 g/mol. The fraction of sp³-hybridized carbons (Fsp3) is 0.381. The lowest BCUT2D eigenvalue weighted by molar-refractivity contribution is 0.0939. The third kappa shape index (κ3) is 5.81. The first-order chi connectivity index (χ1) is 13.3. The molecular weight excluding hydrogens is 374 g/mol. The fourth-order valence-electron chi connectivity index (χ4n) is 3.46. The van der Waals surface area contributed by atoms with Crippen LogP contribution in [0.15, 0.2) is 48.5 Å². The van der Waals surface area contributed by atoms with E-state index in [4.69, 9.17) is 0 Å². The van der Waals surface area contributed by atoms with Gasteiger partial charge in [0.05, 0.1) is 12.3 Å². The molecule has 1 fully saturated rings. The van der Waals surface area contributed by atoms with Gasteiger partial charge in [0.25, 0.3) is 5.91 Å². The first-order valence-electron chi connectivity index (χ1n) is 9.50. The van der Waals surface area contributed by atoms with E-state index in [1.165, 1.54) is 12.8 Å². The number of likely N-dealkylation sites (tertiary alicyclic amines) is 1. The molecule has 2 aromatic carbocycles. The zero-order valence-corrected chi connectivity index (χ0v) is 17.1. The van der Waals surface area contributed by atoms with Crippen molar-refractivity contribution >= 4 is 21.6 Å². The van der Waals surface area contributed by atoms with Crippen LogP contribution in [0.4, 0.5) is 5.69 Å². The second-order valence-electron chi connectivity index (χ2n) is 7.38. The maximum atomic E-state index is 12.7. The Balaban J connectivity index is 1.66. The second-order valence-corrected chi connectivity index (χ2v) is 9.13. The lowest BCUT2D eigenvalue weighted by Crippen LogP contribution is -2.27. The number of amides is 1. The Labute approximate surface area is 167 Å². The second kappa shape index (κ2) is 8.75. The summed E-state index contributed by atoms with van der Waals surface area (Å²) < 4.78 is 25.3. The smallest absolute Gasteiger partial charge is 0.251 e. The summed E-state index contributed by atoms with van der Waals surface area (Å²) in [6, 6.07) is 14.5. The van der Waals surface area contributed by atoms with Crippen molar-refractivity contribution in [3.05, 3.63) is 65.2 Å². The van der Waals surface area contributed by atoms with Crippen LogP contribution < -0.4 is 10.0 Å². The molecule has 28 heavy (non-hydrogen) atoms. The summed E-state index contributed by atoms with van der Waals surface area (Å²) in [6.45, 7) is 4.98. The van der Waals surface area contributed by atoms with Crippen molar-refractivity contribution in [2.45, 2.75) is 32.4 Å². The maximum absolute atomic E-state index is 12.7. The Kier molecular flexibility index (Phi) is 6.36. The number of rotatable bonds is 7. The number of sulfonamides is 1. The molecule has 150 valence electrons. The van der Waals surface area contributed by atoms with Crippen molar-refractivity contribution in [2.24, 2.45) is 0 Å². The Morgan fingerprint density at radius 2 is 1.82 bits per heavy atom. The summed E-state index contributed by atoms with van der Waals surface area (Å²) in [5, 5.41) is 2.99. The highest BCUT2D eigenvalue weighted by Gasteiger charge is 2.15. The number of nitrogens with zero attached hydrogens (tertiary/aromatic N) is 1. The Morgan fingerprint density at radius 3 is 2.54 bits per heavy atom. The average Bonchev–Trinajstić information content (AvgIpc) is 3.13. The lowest BCUT2D eigenvalue weighted by atomic mass is 10.1. The molecule has 0 bridgehead atoms. The van der Waals surface area contributed by atoms with E-state index < -0.39 is 10.0 Å². The third-order valence-electron chi connectivity index (χ3n) is 4.83. The number of carbonyl (C=O) groups excluding carboxylic acids is 1. The fourth-order valence-corrected chi connectivity index (χ4v) is 4.01. The maximum Gasteiger partial charge on any atom is 0.251 e. The van der Waals surface area contributed by atoms with Gasteiger partial charge in [-0.15, -0.1) is 0 Å². The summed E-state index contributed by atoms with van der Waals surface area (Å²) in [6.07, 6.45) is 3.59. The highest BCUT2D eigenvalue weighted by molar-refractivity contribution is 7.92. The van der Waals surface area contributed by atoms with E-state index in [0.717, 1.165) is 37.0 Å². The van der Waals surface area contributed by atoms with E-state index in [1.807, 2.05) is 31.2 Å². The van der Waals surface area contributed by atoms with Gasteiger partial charge in [0.1, 0.15) is 0 Å². The van der Waals surface area contributed by atoms with Crippen LogP contribution >= 0.6 is 0 Å². The summed E-state index contributed by atoms with van der Waals surface area (Å²) >= 11 is 0. The van der Waals surface area contributed by atoms with Crippen LogP contribution in [0, 0.1) is 0 Å². The van der Waals surface area contributed by atoms with Crippen LogP contribution in [0.25, 0.3) is 0 Å². The van der Waals surface area contributed by atoms with Gasteiger partial charge in [-0.1, -0.05) is 24.3 Å². The van der Waals surface area contributed by atoms with Gasteiger partial charge in [-0.25, -0.2) is 8.42 Å². The molecule has 1 aliphatic heterocycles. The zero-order chi connectivity index (χ0) is 20.1. The Bertz CT molecular complexity index is 937. The van der Waals surface area contributed by atoms with E-state index in [9.17, 15) is 13.2 Å². The lowest BCUT2D eigenvalue weighted by Gasteiger charge is -2.17. The largest absolute Gasteiger partial charge is 0.346 e. The van der Waals surface area contributed by atoms with Crippen molar-refractivity contribution in [1.29, 1.82) is 0 Å². The van der Waals surface area contributed by atoms with Crippen LogP contribution in [0.2, 0.25) is 0 Å². The first-order valence-corrected chi connectivity index (χ1v) is 11.4. The molecule has 0 aromatic heterocycles. The molecule has 1 amide bonds. The summed E-state index contributed by atoms with van der Waals surface area (Å²) in [7, 11) is -3.34. The molecule has 1 atom stereocenters. The molecule has 3 rings (SSSR count). The van der Waals surface area contributed by atoms with Crippen molar-refractivity contribution in [3.63, 3.8) is 0 Å². The zero-order valence-electron chi connectivity index (χ0n) is 16.3. The minimum Gasteiger partial charge on any atom is -0.346 e. The molecule has 0 saturated carbocycles. The van der Waals surface area contributed by atoms with Crippen LogP contribution in [0.5, 0.6) is 0 Å². The highest BCUT2D eigenvalue weighted by Crippen LogP contribution is 2.19.